The second-order valence-electron chi connectivity index (χ2n) is 4.78. The maximum Gasteiger partial charge on any atom is 0.178 e. The SMILES string of the molecule is CCN(CC(C)CN)c1ccc(S(=O)(=O)CC)cc1. The van der Waals surface area contributed by atoms with Crippen molar-refractivity contribution in [3.05, 3.63) is 24.3 Å². The quantitative estimate of drug-likeness (QED) is 0.830. The highest BCUT2D eigenvalue weighted by atomic mass is 32.2. The Labute approximate surface area is 116 Å². The minimum atomic E-state index is -3.11. The number of anilines is 1. The number of rotatable bonds is 7. The van der Waals surface area contributed by atoms with Crippen LogP contribution in [0, 0.1) is 5.92 Å². The molecule has 5 heteroatoms. The summed E-state index contributed by atoms with van der Waals surface area (Å²) in [6.45, 7) is 8.26. The molecule has 2 N–H and O–H groups in total. The summed E-state index contributed by atoms with van der Waals surface area (Å²) in [5.41, 5.74) is 6.69. The summed E-state index contributed by atoms with van der Waals surface area (Å²) in [5, 5.41) is 0. The van der Waals surface area contributed by atoms with E-state index in [0.717, 1.165) is 18.8 Å². The molecule has 0 aliphatic carbocycles. The standard InChI is InChI=1S/C14H24N2O2S/c1-4-16(11-12(3)10-15)13-6-8-14(9-7-13)19(17,18)5-2/h6-9,12H,4-5,10-11,15H2,1-3H3. The molecule has 19 heavy (non-hydrogen) atoms. The molecule has 1 aromatic rings. The molecule has 0 spiro atoms. The molecular weight excluding hydrogens is 260 g/mol. The van der Waals surface area contributed by atoms with Crippen molar-refractivity contribution >= 4 is 15.5 Å². The van der Waals surface area contributed by atoms with Gasteiger partial charge in [0.1, 0.15) is 0 Å². The van der Waals surface area contributed by atoms with E-state index in [4.69, 9.17) is 5.73 Å². The highest BCUT2D eigenvalue weighted by Crippen LogP contribution is 2.19. The lowest BCUT2D eigenvalue weighted by Crippen LogP contribution is -2.31. The summed E-state index contributed by atoms with van der Waals surface area (Å²) >= 11 is 0. The van der Waals surface area contributed by atoms with Gasteiger partial charge in [0.25, 0.3) is 0 Å². The fourth-order valence-corrected chi connectivity index (χ4v) is 2.78. The predicted octanol–water partition coefficient (Wildman–Crippen LogP) is 1.90. The maximum absolute atomic E-state index is 11.7. The minimum absolute atomic E-state index is 0.133. The molecule has 1 aromatic carbocycles. The van der Waals surface area contributed by atoms with Crippen LogP contribution in [-0.4, -0.2) is 33.8 Å². The van der Waals surface area contributed by atoms with Crippen molar-refractivity contribution in [2.45, 2.75) is 25.7 Å². The number of nitrogens with zero attached hydrogens (tertiary/aromatic N) is 1. The third-order valence-electron chi connectivity index (χ3n) is 3.26. The molecule has 4 nitrogen and oxygen atoms in total. The average molecular weight is 284 g/mol. The van der Waals surface area contributed by atoms with Crippen molar-refractivity contribution < 1.29 is 8.42 Å². The van der Waals surface area contributed by atoms with E-state index in [1.807, 2.05) is 12.1 Å². The normalized spacial score (nSPS) is 13.3. The van der Waals surface area contributed by atoms with Gasteiger partial charge >= 0.3 is 0 Å². The Morgan fingerprint density at radius 2 is 1.79 bits per heavy atom. The Kier molecular flexibility index (Phi) is 5.82. The molecule has 0 heterocycles. The monoisotopic (exact) mass is 284 g/mol. The van der Waals surface area contributed by atoms with Crippen molar-refractivity contribution in [3.8, 4) is 0 Å². The van der Waals surface area contributed by atoms with E-state index in [1.165, 1.54) is 0 Å². The van der Waals surface area contributed by atoms with Gasteiger partial charge in [-0.15, -0.1) is 0 Å². The first-order valence-corrected chi connectivity index (χ1v) is 8.37. The smallest absolute Gasteiger partial charge is 0.178 e. The molecule has 0 aliphatic rings. The third-order valence-corrected chi connectivity index (χ3v) is 5.01. The Hall–Kier alpha value is -1.07. The molecule has 0 fully saturated rings. The zero-order valence-corrected chi connectivity index (χ0v) is 12.8. The van der Waals surface area contributed by atoms with Gasteiger partial charge in [-0.3, -0.25) is 0 Å². The Bertz CT molecular complexity index is 483. The first-order valence-electron chi connectivity index (χ1n) is 6.72. The van der Waals surface area contributed by atoms with Crippen molar-refractivity contribution in [3.63, 3.8) is 0 Å². The van der Waals surface area contributed by atoms with Crippen LogP contribution in [0.5, 0.6) is 0 Å². The highest BCUT2D eigenvalue weighted by Gasteiger charge is 2.13. The van der Waals surface area contributed by atoms with Crippen molar-refractivity contribution in [1.82, 2.24) is 0 Å². The van der Waals surface area contributed by atoms with Gasteiger partial charge in [0, 0.05) is 18.8 Å². The van der Waals surface area contributed by atoms with E-state index in [2.05, 4.69) is 18.7 Å². The lowest BCUT2D eigenvalue weighted by atomic mass is 10.1. The molecule has 1 rings (SSSR count). The highest BCUT2D eigenvalue weighted by molar-refractivity contribution is 7.91. The number of hydrogen-bond donors (Lipinski definition) is 1. The summed E-state index contributed by atoms with van der Waals surface area (Å²) in [6, 6.07) is 7.11. The Balaban J connectivity index is 2.91. The fourth-order valence-electron chi connectivity index (χ4n) is 1.90. The summed E-state index contributed by atoms with van der Waals surface area (Å²) in [7, 11) is -3.11. The van der Waals surface area contributed by atoms with Crippen LogP contribution in [0.25, 0.3) is 0 Å². The van der Waals surface area contributed by atoms with Crippen LogP contribution >= 0.6 is 0 Å². The number of sulfone groups is 1. The topological polar surface area (TPSA) is 63.4 Å². The van der Waals surface area contributed by atoms with Crippen LogP contribution in [0.2, 0.25) is 0 Å². The molecule has 1 atom stereocenters. The minimum Gasteiger partial charge on any atom is -0.371 e. The van der Waals surface area contributed by atoms with Gasteiger partial charge in [-0.05, 0) is 43.7 Å². The molecule has 108 valence electrons. The number of benzene rings is 1. The van der Waals surface area contributed by atoms with Gasteiger partial charge in [-0.25, -0.2) is 8.42 Å². The lowest BCUT2D eigenvalue weighted by molar-refractivity contribution is 0.576. The van der Waals surface area contributed by atoms with E-state index >= 15 is 0 Å². The predicted molar refractivity (Wildman–Crippen MR) is 80.3 cm³/mol. The van der Waals surface area contributed by atoms with Gasteiger partial charge in [-0.2, -0.15) is 0 Å². The molecule has 0 saturated carbocycles. The lowest BCUT2D eigenvalue weighted by Gasteiger charge is -2.26. The van der Waals surface area contributed by atoms with Gasteiger partial charge in [0.2, 0.25) is 0 Å². The van der Waals surface area contributed by atoms with Crippen molar-refractivity contribution in [1.29, 1.82) is 0 Å². The first kappa shape index (κ1) is 16.0. The van der Waals surface area contributed by atoms with Crippen molar-refractivity contribution in [2.24, 2.45) is 11.7 Å². The molecule has 0 saturated heterocycles. The Morgan fingerprint density at radius 3 is 2.21 bits per heavy atom. The van der Waals surface area contributed by atoms with Crippen LogP contribution in [0.4, 0.5) is 5.69 Å². The zero-order valence-electron chi connectivity index (χ0n) is 12.0. The third kappa shape index (κ3) is 4.21. The van der Waals surface area contributed by atoms with Crippen LogP contribution < -0.4 is 10.6 Å². The fraction of sp³-hybridized carbons (Fsp3) is 0.571. The zero-order chi connectivity index (χ0) is 14.5. The molecule has 0 aliphatic heterocycles. The summed E-state index contributed by atoms with van der Waals surface area (Å²) in [6.07, 6.45) is 0. The molecule has 0 aromatic heterocycles. The van der Waals surface area contributed by atoms with E-state index in [0.29, 0.717) is 17.4 Å². The summed E-state index contributed by atoms with van der Waals surface area (Å²) in [5.74, 6) is 0.549. The van der Waals surface area contributed by atoms with Gasteiger partial charge in [0.15, 0.2) is 9.84 Å². The van der Waals surface area contributed by atoms with E-state index in [-0.39, 0.29) is 5.75 Å². The van der Waals surface area contributed by atoms with Gasteiger partial charge in [-0.1, -0.05) is 13.8 Å². The molecule has 0 radical (unpaired) electrons. The number of hydrogen-bond acceptors (Lipinski definition) is 4. The molecular formula is C14H24N2O2S. The van der Waals surface area contributed by atoms with Crippen molar-refractivity contribution in [2.75, 3.05) is 30.3 Å². The van der Waals surface area contributed by atoms with E-state index in [1.54, 1.807) is 19.1 Å². The summed E-state index contributed by atoms with van der Waals surface area (Å²) < 4.78 is 23.5. The maximum atomic E-state index is 11.7. The van der Waals surface area contributed by atoms with Gasteiger partial charge < -0.3 is 10.6 Å². The Morgan fingerprint density at radius 1 is 1.21 bits per heavy atom. The second-order valence-corrected chi connectivity index (χ2v) is 7.06. The van der Waals surface area contributed by atoms with Crippen LogP contribution in [-0.2, 0) is 9.84 Å². The number of nitrogens with two attached hydrogens (primary N) is 1. The van der Waals surface area contributed by atoms with Crippen LogP contribution in [0.3, 0.4) is 0 Å². The molecule has 0 amide bonds. The van der Waals surface area contributed by atoms with Crippen LogP contribution in [0.1, 0.15) is 20.8 Å². The first-order chi connectivity index (χ1) is 8.94. The largest absolute Gasteiger partial charge is 0.371 e. The average Bonchev–Trinajstić information content (AvgIpc) is 2.44. The van der Waals surface area contributed by atoms with E-state index < -0.39 is 9.84 Å². The summed E-state index contributed by atoms with van der Waals surface area (Å²) in [4.78, 5) is 2.60. The molecule has 1 unspecified atom stereocenters. The molecule has 0 bridgehead atoms. The second kappa shape index (κ2) is 6.91. The van der Waals surface area contributed by atoms with Crippen LogP contribution in [0.15, 0.2) is 29.2 Å². The van der Waals surface area contributed by atoms with Gasteiger partial charge in [0.05, 0.1) is 10.6 Å². The van der Waals surface area contributed by atoms with E-state index in [9.17, 15) is 8.42 Å².